The highest BCUT2D eigenvalue weighted by molar-refractivity contribution is 9.10. The SMILES string of the molecule is Nc1cc(Br)ccc1-c1ccc(Cl)c(Cl)c1. The summed E-state index contributed by atoms with van der Waals surface area (Å²) in [6.07, 6.45) is 0. The molecule has 0 amide bonds. The van der Waals surface area contributed by atoms with Crippen LogP contribution in [0.1, 0.15) is 0 Å². The minimum Gasteiger partial charge on any atom is -0.398 e. The second kappa shape index (κ2) is 4.66. The van der Waals surface area contributed by atoms with Crippen molar-refractivity contribution in [2.24, 2.45) is 0 Å². The molecule has 0 unspecified atom stereocenters. The third-order valence-corrected chi connectivity index (χ3v) is 3.48. The predicted octanol–water partition coefficient (Wildman–Crippen LogP) is 5.01. The van der Waals surface area contributed by atoms with Gasteiger partial charge in [0.25, 0.3) is 0 Å². The molecule has 2 aromatic rings. The van der Waals surface area contributed by atoms with Crippen LogP contribution in [0.25, 0.3) is 11.1 Å². The summed E-state index contributed by atoms with van der Waals surface area (Å²) in [4.78, 5) is 0. The van der Waals surface area contributed by atoms with Crippen LogP contribution in [-0.2, 0) is 0 Å². The zero-order valence-electron chi connectivity index (χ0n) is 8.18. The van der Waals surface area contributed by atoms with Crippen LogP contribution in [0.5, 0.6) is 0 Å². The molecule has 0 spiro atoms. The van der Waals surface area contributed by atoms with Crippen molar-refractivity contribution in [3.8, 4) is 11.1 Å². The number of rotatable bonds is 1. The van der Waals surface area contributed by atoms with Crippen molar-refractivity contribution in [1.29, 1.82) is 0 Å². The molecule has 0 atom stereocenters. The van der Waals surface area contributed by atoms with Crippen molar-refractivity contribution < 1.29 is 0 Å². The van der Waals surface area contributed by atoms with Gasteiger partial charge in [-0.3, -0.25) is 0 Å². The first-order valence-corrected chi connectivity index (χ1v) is 6.13. The monoisotopic (exact) mass is 315 g/mol. The molecule has 4 heteroatoms. The third-order valence-electron chi connectivity index (χ3n) is 2.24. The van der Waals surface area contributed by atoms with Crippen molar-refractivity contribution >= 4 is 44.8 Å². The molecule has 0 saturated carbocycles. The maximum Gasteiger partial charge on any atom is 0.0598 e. The number of hydrogen-bond donors (Lipinski definition) is 1. The Morgan fingerprint density at radius 1 is 0.938 bits per heavy atom. The molecule has 0 aromatic heterocycles. The fourth-order valence-electron chi connectivity index (χ4n) is 1.46. The molecular weight excluding hydrogens is 309 g/mol. The molecule has 0 saturated heterocycles. The number of nitrogens with two attached hydrogens (primary N) is 1. The van der Waals surface area contributed by atoms with Crippen molar-refractivity contribution in [2.45, 2.75) is 0 Å². The van der Waals surface area contributed by atoms with Gasteiger partial charge in [0, 0.05) is 15.7 Å². The minimum atomic E-state index is 0.529. The van der Waals surface area contributed by atoms with Gasteiger partial charge in [-0.15, -0.1) is 0 Å². The van der Waals surface area contributed by atoms with Gasteiger partial charge >= 0.3 is 0 Å². The van der Waals surface area contributed by atoms with E-state index in [4.69, 9.17) is 28.9 Å². The van der Waals surface area contributed by atoms with E-state index in [1.807, 2.05) is 30.3 Å². The standard InChI is InChI=1S/C12H8BrCl2N/c13-8-2-3-9(12(16)6-8)7-1-4-10(14)11(15)5-7/h1-6H,16H2. The van der Waals surface area contributed by atoms with E-state index in [1.54, 1.807) is 6.07 Å². The summed E-state index contributed by atoms with van der Waals surface area (Å²) in [5, 5.41) is 1.07. The summed E-state index contributed by atoms with van der Waals surface area (Å²) in [7, 11) is 0. The van der Waals surface area contributed by atoms with Crippen molar-refractivity contribution in [2.75, 3.05) is 5.73 Å². The summed E-state index contributed by atoms with van der Waals surface area (Å²) in [6, 6.07) is 11.2. The molecule has 2 N–H and O–H groups in total. The summed E-state index contributed by atoms with van der Waals surface area (Å²) in [5.74, 6) is 0. The van der Waals surface area contributed by atoms with Gasteiger partial charge in [0.2, 0.25) is 0 Å². The van der Waals surface area contributed by atoms with Crippen LogP contribution >= 0.6 is 39.1 Å². The average molecular weight is 317 g/mol. The van der Waals surface area contributed by atoms with E-state index < -0.39 is 0 Å². The lowest BCUT2D eigenvalue weighted by molar-refractivity contribution is 1.58. The summed E-state index contributed by atoms with van der Waals surface area (Å²) in [6.45, 7) is 0. The Hall–Kier alpha value is -0.700. The molecule has 2 rings (SSSR count). The molecule has 0 aliphatic carbocycles. The second-order valence-electron chi connectivity index (χ2n) is 3.36. The quantitative estimate of drug-likeness (QED) is 0.736. The minimum absolute atomic E-state index is 0.529. The Morgan fingerprint density at radius 2 is 1.69 bits per heavy atom. The highest BCUT2D eigenvalue weighted by Crippen LogP contribution is 2.32. The van der Waals surface area contributed by atoms with Crippen molar-refractivity contribution in [3.63, 3.8) is 0 Å². The Bertz CT molecular complexity index is 541. The van der Waals surface area contributed by atoms with Crippen molar-refractivity contribution in [1.82, 2.24) is 0 Å². The summed E-state index contributed by atoms with van der Waals surface area (Å²) >= 11 is 15.2. The zero-order chi connectivity index (χ0) is 11.7. The molecule has 0 heterocycles. The molecule has 0 aliphatic rings. The van der Waals surface area contributed by atoms with E-state index in [-0.39, 0.29) is 0 Å². The normalized spacial score (nSPS) is 10.4. The number of halogens is 3. The molecule has 16 heavy (non-hydrogen) atoms. The molecule has 0 aliphatic heterocycles. The smallest absolute Gasteiger partial charge is 0.0598 e. The summed E-state index contributed by atoms with van der Waals surface area (Å²) in [5.41, 5.74) is 8.54. The number of hydrogen-bond acceptors (Lipinski definition) is 1. The second-order valence-corrected chi connectivity index (χ2v) is 5.09. The van der Waals surface area contributed by atoms with Crippen LogP contribution in [0.15, 0.2) is 40.9 Å². The fraction of sp³-hybridized carbons (Fsp3) is 0. The molecular formula is C12H8BrCl2N. The van der Waals surface area contributed by atoms with E-state index in [9.17, 15) is 0 Å². The van der Waals surface area contributed by atoms with Crippen LogP contribution in [0.4, 0.5) is 5.69 Å². The number of anilines is 1. The lowest BCUT2D eigenvalue weighted by Crippen LogP contribution is -1.89. The first kappa shape index (κ1) is 11.8. The van der Waals surface area contributed by atoms with Gasteiger partial charge in [-0.25, -0.2) is 0 Å². The fourth-order valence-corrected chi connectivity index (χ4v) is 2.14. The Kier molecular flexibility index (Phi) is 3.43. The zero-order valence-corrected chi connectivity index (χ0v) is 11.3. The topological polar surface area (TPSA) is 26.0 Å². The molecule has 0 radical (unpaired) electrons. The van der Waals surface area contributed by atoms with Crippen LogP contribution < -0.4 is 5.73 Å². The third kappa shape index (κ3) is 2.34. The first-order chi connectivity index (χ1) is 7.58. The highest BCUT2D eigenvalue weighted by Gasteiger charge is 2.05. The molecule has 1 nitrogen and oxygen atoms in total. The van der Waals surface area contributed by atoms with Gasteiger partial charge in [-0.2, -0.15) is 0 Å². The predicted molar refractivity (Wildman–Crippen MR) is 74.0 cm³/mol. The Balaban J connectivity index is 2.54. The lowest BCUT2D eigenvalue weighted by Gasteiger charge is -2.07. The van der Waals surface area contributed by atoms with Crippen molar-refractivity contribution in [3.05, 3.63) is 50.9 Å². The van der Waals surface area contributed by atoms with Gasteiger partial charge in [0.15, 0.2) is 0 Å². The van der Waals surface area contributed by atoms with Gasteiger partial charge in [0.05, 0.1) is 10.0 Å². The highest BCUT2D eigenvalue weighted by atomic mass is 79.9. The van der Waals surface area contributed by atoms with E-state index in [0.717, 1.165) is 15.6 Å². The largest absolute Gasteiger partial charge is 0.398 e. The Morgan fingerprint density at radius 3 is 2.31 bits per heavy atom. The van der Waals surface area contributed by atoms with Crippen LogP contribution in [0.2, 0.25) is 10.0 Å². The van der Waals surface area contributed by atoms with E-state index in [2.05, 4.69) is 15.9 Å². The van der Waals surface area contributed by atoms with Gasteiger partial charge < -0.3 is 5.73 Å². The maximum atomic E-state index is 5.97. The number of benzene rings is 2. The average Bonchev–Trinajstić information content (AvgIpc) is 2.22. The Labute approximate surface area is 112 Å². The van der Waals surface area contributed by atoms with Crippen LogP contribution in [-0.4, -0.2) is 0 Å². The summed E-state index contributed by atoms with van der Waals surface area (Å²) < 4.78 is 0.953. The van der Waals surface area contributed by atoms with Gasteiger partial charge in [-0.05, 0) is 29.8 Å². The molecule has 0 fully saturated rings. The van der Waals surface area contributed by atoms with Crippen LogP contribution in [0.3, 0.4) is 0 Å². The van der Waals surface area contributed by atoms with Crippen LogP contribution in [0, 0.1) is 0 Å². The number of nitrogen functional groups attached to an aromatic ring is 1. The van der Waals surface area contributed by atoms with E-state index in [0.29, 0.717) is 15.7 Å². The molecule has 2 aromatic carbocycles. The van der Waals surface area contributed by atoms with E-state index >= 15 is 0 Å². The molecule has 0 bridgehead atoms. The first-order valence-electron chi connectivity index (χ1n) is 4.58. The molecule has 82 valence electrons. The maximum absolute atomic E-state index is 5.97. The lowest BCUT2D eigenvalue weighted by atomic mass is 10.0. The van der Waals surface area contributed by atoms with E-state index in [1.165, 1.54) is 0 Å². The van der Waals surface area contributed by atoms with Gasteiger partial charge in [0.1, 0.15) is 0 Å². The van der Waals surface area contributed by atoms with Gasteiger partial charge in [-0.1, -0.05) is 51.3 Å².